The number of anilines is 1. The van der Waals surface area contributed by atoms with Crippen LogP contribution in [0.2, 0.25) is 5.15 Å². The molecule has 0 radical (unpaired) electrons. The summed E-state index contributed by atoms with van der Waals surface area (Å²) in [5.74, 6) is -0.184. The van der Waals surface area contributed by atoms with Crippen molar-refractivity contribution in [2.45, 2.75) is 13.8 Å². The molecule has 0 aromatic carbocycles. The highest BCUT2D eigenvalue weighted by Crippen LogP contribution is 2.36. The topological polar surface area (TPSA) is 69.9 Å². The van der Waals surface area contributed by atoms with Gasteiger partial charge in [0.05, 0.1) is 5.56 Å². The van der Waals surface area contributed by atoms with Crippen LogP contribution in [-0.2, 0) is 0 Å². The zero-order chi connectivity index (χ0) is 17.5. The van der Waals surface area contributed by atoms with E-state index in [2.05, 4.69) is 9.97 Å². The van der Waals surface area contributed by atoms with E-state index in [1.165, 1.54) is 23.7 Å². The quantitative estimate of drug-likeness (QED) is 0.610. The fraction of sp³-hybridized carbons (Fsp3) is 0.176. The summed E-state index contributed by atoms with van der Waals surface area (Å²) in [6.07, 6.45) is 9.84. The van der Waals surface area contributed by atoms with Gasteiger partial charge in [-0.05, 0) is 26.0 Å². The molecule has 0 bridgehead atoms. The van der Waals surface area contributed by atoms with E-state index < -0.39 is 0 Å². The molecule has 0 atom stereocenters. The number of carbonyl (C=O) groups is 1. The number of hydrogen-bond acceptors (Lipinski definition) is 5. The molecule has 0 unspecified atom stereocenters. The number of allylic oxidation sites excluding steroid dienone is 4. The maximum absolute atomic E-state index is 12.7. The SMILES string of the molecule is C/C=C\C=C(/C=N)c1nc(Cl)c(N(CC)C(=O)c2cccnc2)s1. The number of carbonyl (C=O) groups excluding carboxylic acids is 1. The largest absolute Gasteiger partial charge is 0.308 e. The van der Waals surface area contributed by atoms with E-state index in [9.17, 15) is 4.79 Å². The zero-order valence-electron chi connectivity index (χ0n) is 13.4. The smallest absolute Gasteiger partial charge is 0.260 e. The Morgan fingerprint density at radius 2 is 2.29 bits per heavy atom. The molecule has 0 aliphatic carbocycles. The second-order valence-corrected chi connectivity index (χ2v) is 6.03. The summed E-state index contributed by atoms with van der Waals surface area (Å²) in [5, 5.41) is 8.95. The second-order valence-electron chi connectivity index (χ2n) is 4.70. The molecule has 124 valence electrons. The normalized spacial score (nSPS) is 11.7. The summed E-state index contributed by atoms with van der Waals surface area (Å²) in [4.78, 5) is 22.5. The van der Waals surface area contributed by atoms with Crippen molar-refractivity contribution in [1.29, 1.82) is 5.41 Å². The van der Waals surface area contributed by atoms with Gasteiger partial charge in [0.25, 0.3) is 5.91 Å². The van der Waals surface area contributed by atoms with Crippen LogP contribution < -0.4 is 4.90 Å². The molecule has 0 saturated heterocycles. The molecule has 2 aromatic heterocycles. The number of rotatable bonds is 6. The van der Waals surface area contributed by atoms with E-state index in [4.69, 9.17) is 17.0 Å². The van der Waals surface area contributed by atoms with Crippen LogP contribution in [0.5, 0.6) is 0 Å². The van der Waals surface area contributed by atoms with Gasteiger partial charge in [-0.2, -0.15) is 0 Å². The van der Waals surface area contributed by atoms with E-state index in [1.807, 2.05) is 26.0 Å². The average Bonchev–Trinajstić information content (AvgIpc) is 2.98. The highest BCUT2D eigenvalue weighted by molar-refractivity contribution is 7.18. The minimum absolute atomic E-state index is 0.184. The Kier molecular flexibility index (Phi) is 6.40. The number of halogens is 1. The monoisotopic (exact) mass is 360 g/mol. The molecular formula is C17H17ClN4OS. The van der Waals surface area contributed by atoms with Gasteiger partial charge in [0, 0.05) is 30.7 Å². The van der Waals surface area contributed by atoms with E-state index in [1.54, 1.807) is 29.3 Å². The van der Waals surface area contributed by atoms with Crippen molar-refractivity contribution in [2.75, 3.05) is 11.4 Å². The molecule has 1 amide bonds. The van der Waals surface area contributed by atoms with Crippen LogP contribution in [0.25, 0.3) is 5.57 Å². The van der Waals surface area contributed by atoms with Gasteiger partial charge in [0.1, 0.15) is 10.0 Å². The molecular weight excluding hydrogens is 344 g/mol. The van der Waals surface area contributed by atoms with Crippen LogP contribution in [0.4, 0.5) is 5.00 Å². The highest BCUT2D eigenvalue weighted by atomic mass is 35.5. The van der Waals surface area contributed by atoms with E-state index in [0.29, 0.717) is 27.7 Å². The Hall–Kier alpha value is -2.31. The van der Waals surface area contributed by atoms with E-state index in [-0.39, 0.29) is 11.1 Å². The molecule has 2 heterocycles. The molecule has 5 nitrogen and oxygen atoms in total. The molecule has 24 heavy (non-hydrogen) atoms. The molecule has 7 heteroatoms. The Balaban J connectivity index is 2.40. The Morgan fingerprint density at radius 3 is 2.88 bits per heavy atom. The summed E-state index contributed by atoms with van der Waals surface area (Å²) in [6.45, 7) is 4.22. The Labute approximate surface area is 149 Å². The lowest BCUT2D eigenvalue weighted by Gasteiger charge is -2.18. The first-order chi connectivity index (χ1) is 11.6. The van der Waals surface area contributed by atoms with Crippen molar-refractivity contribution >= 4 is 45.6 Å². The second kappa shape index (κ2) is 8.52. The summed E-state index contributed by atoms with van der Waals surface area (Å²) < 4.78 is 0. The zero-order valence-corrected chi connectivity index (χ0v) is 14.9. The maximum Gasteiger partial charge on any atom is 0.260 e. The molecule has 2 rings (SSSR count). The lowest BCUT2D eigenvalue weighted by molar-refractivity contribution is 0.0988. The predicted octanol–water partition coefficient (Wildman–Crippen LogP) is 4.47. The third-order valence-corrected chi connectivity index (χ3v) is 4.66. The number of amides is 1. The minimum Gasteiger partial charge on any atom is -0.308 e. The standard InChI is InChI=1S/C17H17ClN4OS/c1-3-5-7-12(10-19)15-21-14(18)17(24-15)22(4-2)16(23)13-8-6-9-20-11-13/h3,5-11,19H,4H2,1-2H3/b5-3-,12-7+,19-10?. The van der Waals surface area contributed by atoms with Crippen LogP contribution in [-0.4, -0.2) is 28.6 Å². The molecule has 0 aliphatic heterocycles. The molecule has 0 spiro atoms. The first-order valence-electron chi connectivity index (χ1n) is 7.34. The van der Waals surface area contributed by atoms with Gasteiger partial charge in [0.15, 0.2) is 5.15 Å². The number of hydrogen-bond donors (Lipinski definition) is 1. The van der Waals surface area contributed by atoms with Crippen molar-refractivity contribution < 1.29 is 4.79 Å². The van der Waals surface area contributed by atoms with Crippen LogP contribution in [0.15, 0.2) is 42.8 Å². The van der Waals surface area contributed by atoms with Crippen LogP contribution >= 0.6 is 22.9 Å². The fourth-order valence-electron chi connectivity index (χ4n) is 1.99. The molecule has 0 fully saturated rings. The minimum atomic E-state index is -0.184. The van der Waals surface area contributed by atoms with Gasteiger partial charge in [-0.15, -0.1) is 0 Å². The number of nitrogens with zero attached hydrogens (tertiary/aromatic N) is 3. The van der Waals surface area contributed by atoms with Gasteiger partial charge in [-0.1, -0.05) is 41.2 Å². The first kappa shape index (κ1) is 18.0. The Bertz CT molecular complexity index is 783. The summed E-state index contributed by atoms with van der Waals surface area (Å²) >= 11 is 7.54. The number of nitrogens with one attached hydrogen (secondary N) is 1. The number of thiazole rings is 1. The van der Waals surface area contributed by atoms with E-state index >= 15 is 0 Å². The average molecular weight is 361 g/mol. The Morgan fingerprint density at radius 1 is 1.50 bits per heavy atom. The van der Waals surface area contributed by atoms with Crippen LogP contribution in [0.3, 0.4) is 0 Å². The lowest BCUT2D eigenvalue weighted by atomic mass is 10.2. The molecule has 1 N–H and O–H groups in total. The third kappa shape index (κ3) is 3.96. The van der Waals surface area contributed by atoms with Gasteiger partial charge in [-0.3, -0.25) is 14.7 Å². The fourth-order valence-corrected chi connectivity index (χ4v) is 3.36. The van der Waals surface area contributed by atoms with Gasteiger partial charge in [-0.25, -0.2) is 4.98 Å². The lowest BCUT2D eigenvalue weighted by Crippen LogP contribution is -2.30. The van der Waals surface area contributed by atoms with Crippen molar-refractivity contribution in [3.63, 3.8) is 0 Å². The number of pyridine rings is 1. The van der Waals surface area contributed by atoms with Crippen LogP contribution in [0.1, 0.15) is 29.2 Å². The maximum atomic E-state index is 12.7. The highest BCUT2D eigenvalue weighted by Gasteiger charge is 2.23. The molecule has 2 aromatic rings. The van der Waals surface area contributed by atoms with Crippen LogP contribution in [0, 0.1) is 5.41 Å². The van der Waals surface area contributed by atoms with Crippen molar-refractivity contribution in [3.8, 4) is 0 Å². The predicted molar refractivity (Wildman–Crippen MR) is 100 cm³/mol. The van der Waals surface area contributed by atoms with Crippen molar-refractivity contribution in [3.05, 3.63) is 58.5 Å². The van der Waals surface area contributed by atoms with Gasteiger partial charge in [0.2, 0.25) is 0 Å². The van der Waals surface area contributed by atoms with Crippen molar-refractivity contribution in [2.24, 2.45) is 0 Å². The summed E-state index contributed by atoms with van der Waals surface area (Å²) in [7, 11) is 0. The van der Waals surface area contributed by atoms with Crippen molar-refractivity contribution in [1.82, 2.24) is 9.97 Å². The molecule has 0 saturated carbocycles. The third-order valence-electron chi connectivity index (χ3n) is 3.16. The summed E-state index contributed by atoms with van der Waals surface area (Å²) in [5.41, 5.74) is 1.12. The van der Waals surface area contributed by atoms with Gasteiger partial charge >= 0.3 is 0 Å². The molecule has 0 aliphatic rings. The number of aromatic nitrogens is 2. The van der Waals surface area contributed by atoms with Gasteiger partial charge < -0.3 is 5.41 Å². The van der Waals surface area contributed by atoms with E-state index in [0.717, 1.165) is 0 Å². The summed E-state index contributed by atoms with van der Waals surface area (Å²) in [6, 6.07) is 3.43. The first-order valence-corrected chi connectivity index (χ1v) is 8.53.